The van der Waals surface area contributed by atoms with Gasteiger partial charge in [0.25, 0.3) is 0 Å². The summed E-state index contributed by atoms with van der Waals surface area (Å²) in [6.07, 6.45) is 3.36. The minimum absolute atomic E-state index is 0.674. The summed E-state index contributed by atoms with van der Waals surface area (Å²) in [6, 6.07) is 5.81. The fraction of sp³-hybridized carbons (Fsp3) is 0.273. The molecule has 0 bridgehead atoms. The summed E-state index contributed by atoms with van der Waals surface area (Å²) in [5, 5.41) is 18.1. The highest BCUT2D eigenvalue weighted by molar-refractivity contribution is 6.52. The lowest BCUT2D eigenvalue weighted by atomic mass is 9.72. The lowest BCUT2D eigenvalue weighted by Crippen LogP contribution is -2.18. The second-order valence-corrected chi connectivity index (χ2v) is 3.66. The van der Waals surface area contributed by atoms with Gasteiger partial charge in [0.15, 0.2) is 0 Å². The van der Waals surface area contributed by atoms with Gasteiger partial charge in [-0.2, -0.15) is 0 Å². The van der Waals surface area contributed by atoms with Gasteiger partial charge >= 0.3 is 7.12 Å². The maximum Gasteiger partial charge on any atom is 0.484 e. The molecule has 0 fully saturated rings. The summed E-state index contributed by atoms with van der Waals surface area (Å²) in [5.74, 6) is 0.843. The van der Waals surface area contributed by atoms with Crippen LogP contribution in [0.2, 0.25) is 0 Å². The molecule has 0 saturated carbocycles. The number of hydrogen-bond donors (Lipinski definition) is 2. The van der Waals surface area contributed by atoms with Crippen LogP contribution in [0.3, 0.4) is 0 Å². The van der Waals surface area contributed by atoms with Crippen molar-refractivity contribution in [2.75, 3.05) is 7.11 Å². The summed E-state index contributed by atoms with van der Waals surface area (Å²) >= 11 is 0. The Morgan fingerprint density at radius 1 is 1.27 bits per heavy atom. The molecule has 2 N–H and O–H groups in total. The van der Waals surface area contributed by atoms with Crippen LogP contribution in [0.25, 0.3) is 6.08 Å². The van der Waals surface area contributed by atoms with E-state index >= 15 is 0 Å². The van der Waals surface area contributed by atoms with Crippen molar-refractivity contribution in [3.05, 3.63) is 34.8 Å². The molecule has 0 saturated heterocycles. The highest BCUT2D eigenvalue weighted by Gasteiger charge is 2.19. The molecule has 15 heavy (non-hydrogen) atoms. The van der Waals surface area contributed by atoms with E-state index < -0.39 is 7.12 Å². The SMILES string of the molecule is COc1ccc2c(c1)CCC(B(O)O)=C2. The van der Waals surface area contributed by atoms with Crippen LogP contribution in [0.5, 0.6) is 5.75 Å². The van der Waals surface area contributed by atoms with E-state index in [0.29, 0.717) is 11.9 Å². The third kappa shape index (κ3) is 2.06. The van der Waals surface area contributed by atoms with E-state index in [4.69, 9.17) is 14.8 Å². The van der Waals surface area contributed by atoms with Crippen molar-refractivity contribution in [3.8, 4) is 5.75 Å². The molecule has 2 rings (SSSR count). The van der Waals surface area contributed by atoms with Gasteiger partial charge in [0, 0.05) is 0 Å². The van der Waals surface area contributed by atoms with Crippen molar-refractivity contribution in [1.82, 2.24) is 0 Å². The molecule has 4 heteroatoms. The largest absolute Gasteiger partial charge is 0.497 e. The van der Waals surface area contributed by atoms with Gasteiger partial charge in [-0.05, 0) is 41.6 Å². The second kappa shape index (κ2) is 4.09. The molecule has 3 nitrogen and oxygen atoms in total. The maximum atomic E-state index is 9.07. The molecule has 0 aromatic heterocycles. The molecule has 0 spiro atoms. The van der Waals surface area contributed by atoms with Gasteiger partial charge in [-0.3, -0.25) is 0 Å². The molecule has 0 amide bonds. The number of hydrogen-bond acceptors (Lipinski definition) is 3. The highest BCUT2D eigenvalue weighted by Crippen LogP contribution is 2.27. The minimum Gasteiger partial charge on any atom is -0.497 e. The van der Waals surface area contributed by atoms with Crippen LogP contribution in [-0.4, -0.2) is 24.3 Å². The van der Waals surface area contributed by atoms with Crippen LogP contribution in [0.15, 0.2) is 23.7 Å². The van der Waals surface area contributed by atoms with Gasteiger partial charge in [-0.1, -0.05) is 12.1 Å². The normalized spacial score (nSPS) is 14.2. The molecule has 1 aliphatic carbocycles. The van der Waals surface area contributed by atoms with Gasteiger partial charge in [-0.25, -0.2) is 0 Å². The Balaban J connectivity index is 2.36. The van der Waals surface area contributed by atoms with Crippen molar-refractivity contribution in [2.45, 2.75) is 12.8 Å². The van der Waals surface area contributed by atoms with Crippen molar-refractivity contribution in [1.29, 1.82) is 0 Å². The summed E-state index contributed by atoms with van der Waals surface area (Å²) in [7, 11) is 0.309. The van der Waals surface area contributed by atoms with E-state index in [1.807, 2.05) is 24.3 Å². The van der Waals surface area contributed by atoms with Crippen LogP contribution in [-0.2, 0) is 6.42 Å². The summed E-state index contributed by atoms with van der Waals surface area (Å²) in [4.78, 5) is 0. The molecule has 1 aromatic rings. The van der Waals surface area contributed by atoms with E-state index in [1.54, 1.807) is 7.11 Å². The average Bonchev–Trinajstić information content (AvgIpc) is 2.27. The van der Waals surface area contributed by atoms with Crippen molar-refractivity contribution in [3.63, 3.8) is 0 Å². The topological polar surface area (TPSA) is 49.7 Å². The highest BCUT2D eigenvalue weighted by atomic mass is 16.5. The Labute approximate surface area is 89.2 Å². The zero-order valence-electron chi connectivity index (χ0n) is 8.60. The quantitative estimate of drug-likeness (QED) is 0.707. The number of aryl methyl sites for hydroxylation is 1. The Hall–Kier alpha value is -1.26. The van der Waals surface area contributed by atoms with Gasteiger partial charge in [-0.15, -0.1) is 0 Å². The fourth-order valence-electron chi connectivity index (χ4n) is 1.82. The van der Waals surface area contributed by atoms with Crippen LogP contribution >= 0.6 is 0 Å². The first-order valence-electron chi connectivity index (χ1n) is 4.94. The molecule has 0 heterocycles. The fourth-order valence-corrected chi connectivity index (χ4v) is 1.82. The van der Waals surface area contributed by atoms with Crippen LogP contribution in [0.1, 0.15) is 17.5 Å². The zero-order chi connectivity index (χ0) is 10.8. The van der Waals surface area contributed by atoms with E-state index in [2.05, 4.69) is 0 Å². The smallest absolute Gasteiger partial charge is 0.484 e. The van der Waals surface area contributed by atoms with E-state index in [9.17, 15) is 0 Å². The number of fused-ring (bicyclic) bond motifs is 1. The number of rotatable bonds is 2. The Bertz CT molecular complexity index is 399. The predicted molar refractivity (Wildman–Crippen MR) is 59.5 cm³/mol. The molecule has 0 atom stereocenters. The van der Waals surface area contributed by atoms with Crippen molar-refractivity contribution < 1.29 is 14.8 Å². The Kier molecular flexibility index (Phi) is 2.80. The number of ether oxygens (including phenoxy) is 1. The van der Waals surface area contributed by atoms with Crippen LogP contribution in [0, 0.1) is 0 Å². The zero-order valence-corrected chi connectivity index (χ0v) is 8.60. The molecule has 1 aliphatic rings. The van der Waals surface area contributed by atoms with Gasteiger partial charge in [0.05, 0.1) is 7.11 Å². The summed E-state index contributed by atoms with van der Waals surface area (Å²) in [6.45, 7) is 0. The van der Waals surface area contributed by atoms with Crippen molar-refractivity contribution in [2.24, 2.45) is 0 Å². The van der Waals surface area contributed by atoms with Crippen LogP contribution < -0.4 is 4.74 Å². The van der Waals surface area contributed by atoms with E-state index in [1.165, 1.54) is 5.56 Å². The number of methoxy groups -OCH3 is 1. The maximum absolute atomic E-state index is 9.07. The number of benzene rings is 1. The van der Waals surface area contributed by atoms with Gasteiger partial charge < -0.3 is 14.8 Å². The van der Waals surface area contributed by atoms with E-state index in [0.717, 1.165) is 17.7 Å². The van der Waals surface area contributed by atoms with Gasteiger partial charge in [0.2, 0.25) is 0 Å². The molecular weight excluding hydrogens is 191 g/mol. The summed E-state index contributed by atoms with van der Waals surface area (Å²) in [5.41, 5.74) is 2.91. The van der Waals surface area contributed by atoms with E-state index in [-0.39, 0.29) is 0 Å². The third-order valence-corrected chi connectivity index (χ3v) is 2.71. The van der Waals surface area contributed by atoms with Gasteiger partial charge in [0.1, 0.15) is 5.75 Å². The molecule has 1 aromatic carbocycles. The first-order valence-corrected chi connectivity index (χ1v) is 4.94. The molecule has 78 valence electrons. The molecule has 0 aliphatic heterocycles. The van der Waals surface area contributed by atoms with Crippen molar-refractivity contribution >= 4 is 13.2 Å². The second-order valence-electron chi connectivity index (χ2n) is 3.66. The minimum atomic E-state index is -1.33. The Morgan fingerprint density at radius 3 is 2.73 bits per heavy atom. The molecule has 0 radical (unpaired) electrons. The van der Waals surface area contributed by atoms with Crippen LogP contribution in [0.4, 0.5) is 0 Å². The standard InChI is InChI=1S/C11H13BO3/c1-15-11-5-3-8-6-10(12(13)14)4-2-9(8)7-11/h3,5-7,13-14H,2,4H2,1H3. The average molecular weight is 204 g/mol. The lowest BCUT2D eigenvalue weighted by Gasteiger charge is -2.16. The third-order valence-electron chi connectivity index (χ3n) is 2.71. The first-order chi connectivity index (χ1) is 7.20. The lowest BCUT2D eigenvalue weighted by molar-refractivity contribution is 0.413. The number of allylic oxidation sites excluding steroid dienone is 1. The first kappa shape index (κ1) is 10.3. The molecular formula is C11H13BO3. The molecule has 0 unspecified atom stereocenters. The Morgan fingerprint density at radius 2 is 2.07 bits per heavy atom. The predicted octanol–water partition coefficient (Wildman–Crippen LogP) is 1.04. The summed E-state index contributed by atoms with van der Waals surface area (Å²) < 4.78 is 5.14. The monoisotopic (exact) mass is 204 g/mol.